The van der Waals surface area contributed by atoms with Crippen LogP contribution in [0.3, 0.4) is 0 Å². The molecule has 1 fully saturated rings. The third kappa shape index (κ3) is 2.65. The predicted octanol–water partition coefficient (Wildman–Crippen LogP) is 1.19. The smallest absolute Gasteiger partial charge is 0.267 e. The van der Waals surface area contributed by atoms with Crippen LogP contribution in [0.4, 0.5) is 0 Å². The molecule has 0 aliphatic carbocycles. The summed E-state index contributed by atoms with van der Waals surface area (Å²) in [5.74, 6) is 0. The highest BCUT2D eigenvalue weighted by Gasteiger charge is 2.27. The molecule has 1 aromatic rings. The second kappa shape index (κ2) is 5.66. The Labute approximate surface area is 119 Å². The fourth-order valence-corrected chi connectivity index (χ4v) is 3.32. The van der Waals surface area contributed by atoms with E-state index in [1.807, 2.05) is 0 Å². The minimum absolute atomic E-state index is 0.00450. The van der Waals surface area contributed by atoms with Gasteiger partial charge in [-0.25, -0.2) is 4.68 Å². The molecule has 0 amide bonds. The molecule has 5 heteroatoms. The first-order valence-electron chi connectivity index (χ1n) is 7.58. The van der Waals surface area contributed by atoms with Gasteiger partial charge in [0, 0.05) is 30.1 Å². The molecule has 3 heterocycles. The van der Waals surface area contributed by atoms with Crippen LogP contribution in [0.5, 0.6) is 0 Å². The van der Waals surface area contributed by atoms with Crippen molar-refractivity contribution in [3.8, 4) is 0 Å². The minimum atomic E-state index is 0.00450. The number of fused-ring (bicyclic) bond motifs is 1. The van der Waals surface area contributed by atoms with E-state index in [-0.39, 0.29) is 5.56 Å². The summed E-state index contributed by atoms with van der Waals surface area (Å²) in [6, 6.07) is 2.68. The summed E-state index contributed by atoms with van der Waals surface area (Å²) >= 11 is 0. The largest absolute Gasteiger partial charge is 0.376 e. The maximum Gasteiger partial charge on any atom is 0.267 e. The van der Waals surface area contributed by atoms with Gasteiger partial charge < -0.3 is 4.74 Å². The summed E-state index contributed by atoms with van der Waals surface area (Å²) in [5.41, 5.74) is 2.00. The summed E-state index contributed by atoms with van der Waals surface area (Å²) in [4.78, 5) is 14.7. The zero-order valence-corrected chi connectivity index (χ0v) is 12.3. The third-order valence-electron chi connectivity index (χ3n) is 4.37. The van der Waals surface area contributed by atoms with Crippen LogP contribution in [0.1, 0.15) is 37.9 Å². The summed E-state index contributed by atoms with van der Waals surface area (Å²) in [5, 5.41) is 4.57. The van der Waals surface area contributed by atoms with Crippen LogP contribution in [0, 0.1) is 0 Å². The molecule has 110 valence electrons. The van der Waals surface area contributed by atoms with E-state index in [1.54, 1.807) is 10.7 Å². The van der Waals surface area contributed by atoms with Crippen molar-refractivity contribution in [2.45, 2.75) is 58.3 Å². The fourth-order valence-electron chi connectivity index (χ4n) is 3.32. The molecule has 0 aromatic carbocycles. The van der Waals surface area contributed by atoms with Crippen molar-refractivity contribution in [3.05, 3.63) is 27.7 Å². The zero-order valence-electron chi connectivity index (χ0n) is 12.3. The van der Waals surface area contributed by atoms with Gasteiger partial charge in [-0.1, -0.05) is 0 Å². The lowest BCUT2D eigenvalue weighted by atomic mass is 10.1. The number of hydrogen-bond acceptors (Lipinski definition) is 4. The van der Waals surface area contributed by atoms with Gasteiger partial charge in [0.2, 0.25) is 0 Å². The van der Waals surface area contributed by atoms with Crippen molar-refractivity contribution in [1.82, 2.24) is 14.7 Å². The van der Waals surface area contributed by atoms with Crippen LogP contribution in [0.15, 0.2) is 10.9 Å². The molecular weight excluding hydrogens is 254 g/mol. The van der Waals surface area contributed by atoms with Crippen LogP contribution < -0.4 is 5.56 Å². The van der Waals surface area contributed by atoms with Crippen LogP contribution in [0.2, 0.25) is 0 Å². The van der Waals surface area contributed by atoms with Crippen molar-refractivity contribution in [2.24, 2.45) is 0 Å². The molecule has 0 N–H and O–H groups in total. The van der Waals surface area contributed by atoms with Gasteiger partial charge in [0.05, 0.1) is 25.5 Å². The van der Waals surface area contributed by atoms with Gasteiger partial charge in [-0.2, -0.15) is 5.10 Å². The van der Waals surface area contributed by atoms with Crippen LogP contribution in [-0.2, 0) is 24.3 Å². The fraction of sp³-hybridized carbons (Fsp3) is 0.733. The van der Waals surface area contributed by atoms with E-state index >= 15 is 0 Å². The molecule has 0 saturated carbocycles. The lowest BCUT2D eigenvalue weighted by Gasteiger charge is -2.28. The van der Waals surface area contributed by atoms with Gasteiger partial charge in [-0.05, 0) is 33.2 Å². The Morgan fingerprint density at radius 3 is 3.15 bits per heavy atom. The lowest BCUT2D eigenvalue weighted by Crippen LogP contribution is -2.41. The number of ether oxygens (including phenoxy) is 1. The van der Waals surface area contributed by atoms with Crippen LogP contribution in [0.25, 0.3) is 0 Å². The first-order valence-corrected chi connectivity index (χ1v) is 7.58. The molecule has 1 unspecified atom stereocenters. The molecule has 2 aliphatic heterocycles. The van der Waals surface area contributed by atoms with Gasteiger partial charge in [0.15, 0.2) is 0 Å². The number of likely N-dealkylation sites (tertiary alicyclic amines) is 1. The average Bonchev–Trinajstić information content (AvgIpc) is 2.88. The van der Waals surface area contributed by atoms with Gasteiger partial charge in [-0.3, -0.25) is 9.69 Å². The standard InChI is InChI=1S/C15H23N3O2/c1-11(2)17-6-3-4-13(17)9-18-15(19)8-12-10-20-7-5-14(12)16-18/h8,11,13H,3-7,9-10H2,1-2H3. The van der Waals surface area contributed by atoms with Gasteiger partial charge in [0.1, 0.15) is 0 Å². The van der Waals surface area contributed by atoms with E-state index in [0.29, 0.717) is 31.8 Å². The number of nitrogens with zero attached hydrogens (tertiary/aromatic N) is 3. The Balaban J connectivity index is 1.82. The maximum atomic E-state index is 12.2. The number of aromatic nitrogens is 2. The molecule has 1 aromatic heterocycles. The molecule has 0 radical (unpaired) electrons. The van der Waals surface area contributed by atoms with Crippen LogP contribution in [-0.4, -0.2) is 39.9 Å². The van der Waals surface area contributed by atoms with Gasteiger partial charge in [0.25, 0.3) is 5.56 Å². The monoisotopic (exact) mass is 277 g/mol. The summed E-state index contributed by atoms with van der Waals surface area (Å²) in [7, 11) is 0. The van der Waals surface area contributed by atoms with Crippen molar-refractivity contribution in [3.63, 3.8) is 0 Å². The molecule has 20 heavy (non-hydrogen) atoms. The lowest BCUT2D eigenvalue weighted by molar-refractivity contribution is 0.107. The Kier molecular flexibility index (Phi) is 3.89. The number of hydrogen-bond donors (Lipinski definition) is 0. The van der Waals surface area contributed by atoms with Gasteiger partial charge in [-0.15, -0.1) is 0 Å². The molecule has 0 bridgehead atoms. The quantitative estimate of drug-likeness (QED) is 0.832. The second-order valence-corrected chi connectivity index (χ2v) is 6.07. The van der Waals surface area contributed by atoms with E-state index in [2.05, 4.69) is 23.8 Å². The highest BCUT2D eigenvalue weighted by molar-refractivity contribution is 5.18. The SMILES string of the molecule is CC(C)N1CCCC1Cn1nc2c(cc1=O)COCC2. The summed E-state index contributed by atoms with van der Waals surface area (Å²) in [6.07, 6.45) is 3.19. The Morgan fingerprint density at radius 2 is 2.35 bits per heavy atom. The molecule has 1 saturated heterocycles. The first-order chi connectivity index (χ1) is 9.65. The minimum Gasteiger partial charge on any atom is -0.376 e. The van der Waals surface area contributed by atoms with E-state index in [1.165, 1.54) is 6.42 Å². The molecule has 5 nitrogen and oxygen atoms in total. The average molecular weight is 277 g/mol. The molecular formula is C15H23N3O2. The third-order valence-corrected chi connectivity index (χ3v) is 4.37. The Bertz CT molecular complexity index is 538. The predicted molar refractivity (Wildman–Crippen MR) is 76.7 cm³/mol. The van der Waals surface area contributed by atoms with Crippen molar-refractivity contribution < 1.29 is 4.74 Å². The summed E-state index contributed by atoms with van der Waals surface area (Å²) in [6.45, 7) is 7.53. The molecule has 3 rings (SSSR count). The Morgan fingerprint density at radius 1 is 1.50 bits per heavy atom. The van der Waals surface area contributed by atoms with Gasteiger partial charge >= 0.3 is 0 Å². The second-order valence-electron chi connectivity index (χ2n) is 6.07. The van der Waals surface area contributed by atoms with E-state index in [9.17, 15) is 4.79 Å². The van der Waals surface area contributed by atoms with E-state index in [0.717, 1.165) is 30.6 Å². The first kappa shape index (κ1) is 13.8. The van der Waals surface area contributed by atoms with E-state index in [4.69, 9.17) is 4.74 Å². The summed E-state index contributed by atoms with van der Waals surface area (Å²) < 4.78 is 7.04. The molecule has 1 atom stereocenters. The highest BCUT2D eigenvalue weighted by Crippen LogP contribution is 2.21. The molecule has 0 spiro atoms. The van der Waals surface area contributed by atoms with E-state index < -0.39 is 0 Å². The topological polar surface area (TPSA) is 47.4 Å². The van der Waals surface area contributed by atoms with Crippen molar-refractivity contribution in [1.29, 1.82) is 0 Å². The Hall–Kier alpha value is -1.20. The van der Waals surface area contributed by atoms with Crippen molar-refractivity contribution >= 4 is 0 Å². The van der Waals surface area contributed by atoms with Crippen LogP contribution >= 0.6 is 0 Å². The normalized spacial score (nSPS) is 23.2. The maximum absolute atomic E-state index is 12.2. The molecule has 2 aliphatic rings. The zero-order chi connectivity index (χ0) is 14.1. The van der Waals surface area contributed by atoms with Crippen molar-refractivity contribution in [2.75, 3.05) is 13.2 Å². The highest BCUT2D eigenvalue weighted by atomic mass is 16.5. The number of rotatable bonds is 3.